The molecular formula is C13H16FNO3. The van der Waals surface area contributed by atoms with E-state index in [0.29, 0.717) is 12.2 Å². The second-order valence-corrected chi connectivity index (χ2v) is 4.53. The van der Waals surface area contributed by atoms with Crippen LogP contribution in [0.25, 0.3) is 0 Å². The third-order valence-electron chi connectivity index (χ3n) is 2.64. The van der Waals surface area contributed by atoms with Gasteiger partial charge in [0.15, 0.2) is 0 Å². The number of rotatable bonds is 3. The van der Waals surface area contributed by atoms with E-state index in [0.717, 1.165) is 6.42 Å². The minimum Gasteiger partial charge on any atom is -0.459 e. The van der Waals surface area contributed by atoms with E-state index in [1.165, 1.54) is 12.1 Å². The molecule has 1 fully saturated rings. The average Bonchev–Trinajstić information content (AvgIpc) is 2.80. The smallest absolute Gasteiger partial charge is 0.338 e. The molecule has 1 heterocycles. The van der Waals surface area contributed by atoms with Crippen molar-refractivity contribution in [2.45, 2.75) is 32.4 Å². The van der Waals surface area contributed by atoms with Gasteiger partial charge in [0, 0.05) is 0 Å². The molecule has 0 saturated carbocycles. The number of hydrogen-bond donors (Lipinski definition) is 1. The van der Waals surface area contributed by atoms with Crippen molar-refractivity contribution in [2.75, 3.05) is 6.61 Å². The number of ether oxygens (including phenoxy) is 1. The van der Waals surface area contributed by atoms with Crippen molar-refractivity contribution >= 4 is 5.97 Å². The lowest BCUT2D eigenvalue weighted by molar-refractivity contribution is 0.0377. The zero-order chi connectivity index (χ0) is 13.1. The molecule has 18 heavy (non-hydrogen) atoms. The van der Waals surface area contributed by atoms with Gasteiger partial charge in [0.05, 0.1) is 24.3 Å². The van der Waals surface area contributed by atoms with Gasteiger partial charge in [-0.2, -0.15) is 5.48 Å². The predicted octanol–water partition coefficient (Wildman–Crippen LogP) is 2.36. The van der Waals surface area contributed by atoms with E-state index in [2.05, 4.69) is 5.48 Å². The Morgan fingerprint density at radius 1 is 1.50 bits per heavy atom. The van der Waals surface area contributed by atoms with Crippen LogP contribution in [0.5, 0.6) is 0 Å². The Balaban J connectivity index is 2.23. The topological polar surface area (TPSA) is 47.6 Å². The maximum absolute atomic E-state index is 13.5. The normalized spacial score (nSPS) is 19.2. The molecule has 1 aliphatic heterocycles. The van der Waals surface area contributed by atoms with E-state index >= 15 is 0 Å². The molecule has 1 aromatic carbocycles. The molecule has 0 aliphatic carbocycles. The molecule has 0 amide bonds. The molecule has 1 saturated heterocycles. The van der Waals surface area contributed by atoms with Gasteiger partial charge in [-0.05, 0) is 44.0 Å². The zero-order valence-electron chi connectivity index (χ0n) is 10.4. The second-order valence-electron chi connectivity index (χ2n) is 4.53. The third-order valence-corrected chi connectivity index (χ3v) is 2.64. The molecule has 1 aromatic rings. The Labute approximate surface area is 105 Å². The van der Waals surface area contributed by atoms with Gasteiger partial charge in [-0.25, -0.2) is 9.18 Å². The second kappa shape index (κ2) is 5.46. The van der Waals surface area contributed by atoms with Gasteiger partial charge in [-0.15, -0.1) is 0 Å². The number of halogens is 1. The molecule has 4 nitrogen and oxygen atoms in total. The van der Waals surface area contributed by atoms with E-state index in [-0.39, 0.29) is 17.7 Å². The van der Waals surface area contributed by atoms with Crippen LogP contribution in [0.4, 0.5) is 4.39 Å². The highest BCUT2D eigenvalue weighted by Gasteiger charge is 2.20. The van der Waals surface area contributed by atoms with Crippen LogP contribution in [0, 0.1) is 5.82 Å². The minimum atomic E-state index is -0.510. The molecule has 0 unspecified atom stereocenters. The standard InChI is InChI=1S/C13H16FNO3/c1-8(2)18-13(16)10-5-9(6-11(14)7-10)12-3-4-17-15-12/h5-8,12,15H,3-4H2,1-2H3/t12-/m1/s1. The van der Waals surface area contributed by atoms with Crippen LogP contribution < -0.4 is 5.48 Å². The summed E-state index contributed by atoms with van der Waals surface area (Å²) in [5.74, 6) is -0.957. The fourth-order valence-electron chi connectivity index (χ4n) is 1.84. The Bertz CT molecular complexity index is 442. The maximum atomic E-state index is 13.5. The summed E-state index contributed by atoms with van der Waals surface area (Å²) in [5.41, 5.74) is 3.71. The van der Waals surface area contributed by atoms with Crippen molar-refractivity contribution in [1.29, 1.82) is 0 Å². The van der Waals surface area contributed by atoms with Crippen LogP contribution in [0.1, 0.15) is 42.2 Å². The Morgan fingerprint density at radius 2 is 2.28 bits per heavy atom. The summed E-state index contributed by atoms with van der Waals surface area (Å²) in [6.07, 6.45) is 0.527. The fourth-order valence-corrected chi connectivity index (χ4v) is 1.84. The summed E-state index contributed by atoms with van der Waals surface area (Å²) in [7, 11) is 0. The predicted molar refractivity (Wildman–Crippen MR) is 63.4 cm³/mol. The molecule has 1 aliphatic rings. The lowest BCUT2D eigenvalue weighted by Crippen LogP contribution is -2.15. The van der Waals surface area contributed by atoms with Gasteiger partial charge >= 0.3 is 5.97 Å². The van der Waals surface area contributed by atoms with Gasteiger partial charge in [0.25, 0.3) is 0 Å². The summed E-state index contributed by atoms with van der Waals surface area (Å²) >= 11 is 0. The number of hydrogen-bond acceptors (Lipinski definition) is 4. The third kappa shape index (κ3) is 3.05. The molecule has 0 radical (unpaired) electrons. The largest absolute Gasteiger partial charge is 0.459 e. The van der Waals surface area contributed by atoms with E-state index in [1.54, 1.807) is 19.9 Å². The van der Waals surface area contributed by atoms with Crippen LogP contribution in [0.3, 0.4) is 0 Å². The SMILES string of the molecule is CC(C)OC(=O)c1cc(F)cc([C@H]2CCON2)c1. The number of hydroxylamine groups is 1. The van der Waals surface area contributed by atoms with Crippen LogP contribution >= 0.6 is 0 Å². The first-order valence-corrected chi connectivity index (χ1v) is 5.95. The lowest BCUT2D eigenvalue weighted by atomic mass is 10.0. The van der Waals surface area contributed by atoms with Crippen LogP contribution in [0.15, 0.2) is 18.2 Å². The molecular weight excluding hydrogens is 237 g/mol. The van der Waals surface area contributed by atoms with Crippen LogP contribution in [0.2, 0.25) is 0 Å². The van der Waals surface area contributed by atoms with Gasteiger partial charge in [-0.3, -0.25) is 0 Å². The van der Waals surface area contributed by atoms with E-state index in [1.807, 2.05) is 0 Å². The first-order valence-electron chi connectivity index (χ1n) is 5.95. The molecule has 98 valence electrons. The molecule has 0 bridgehead atoms. The number of carbonyl (C=O) groups excluding carboxylic acids is 1. The molecule has 1 atom stereocenters. The first kappa shape index (κ1) is 13.0. The van der Waals surface area contributed by atoms with Crippen molar-refractivity contribution < 1.29 is 18.8 Å². The summed E-state index contributed by atoms with van der Waals surface area (Å²) in [4.78, 5) is 16.8. The zero-order valence-corrected chi connectivity index (χ0v) is 10.4. The quantitative estimate of drug-likeness (QED) is 0.840. The van der Waals surface area contributed by atoms with Crippen molar-refractivity contribution in [3.63, 3.8) is 0 Å². The lowest BCUT2D eigenvalue weighted by Gasteiger charge is -2.12. The van der Waals surface area contributed by atoms with Gasteiger partial charge in [0.1, 0.15) is 5.82 Å². The van der Waals surface area contributed by atoms with Crippen molar-refractivity contribution in [1.82, 2.24) is 5.48 Å². The summed E-state index contributed by atoms with van der Waals surface area (Å²) in [5, 5.41) is 0. The molecule has 5 heteroatoms. The molecule has 0 spiro atoms. The number of benzene rings is 1. The van der Waals surface area contributed by atoms with Crippen LogP contribution in [-0.4, -0.2) is 18.7 Å². The van der Waals surface area contributed by atoms with Crippen molar-refractivity contribution in [2.24, 2.45) is 0 Å². The highest BCUT2D eigenvalue weighted by molar-refractivity contribution is 5.89. The van der Waals surface area contributed by atoms with E-state index in [9.17, 15) is 9.18 Å². The van der Waals surface area contributed by atoms with Gasteiger partial charge in [0.2, 0.25) is 0 Å². The van der Waals surface area contributed by atoms with Crippen molar-refractivity contribution in [3.05, 3.63) is 35.1 Å². The van der Waals surface area contributed by atoms with Crippen molar-refractivity contribution in [3.8, 4) is 0 Å². The molecule has 0 aromatic heterocycles. The fraction of sp³-hybridized carbons (Fsp3) is 0.462. The Hall–Kier alpha value is -1.46. The molecule has 2 rings (SSSR count). The number of nitrogens with one attached hydrogen (secondary N) is 1. The van der Waals surface area contributed by atoms with Crippen LogP contribution in [-0.2, 0) is 9.57 Å². The molecule has 1 N–H and O–H groups in total. The minimum absolute atomic E-state index is 0.0775. The number of esters is 1. The van der Waals surface area contributed by atoms with E-state index < -0.39 is 11.8 Å². The average molecular weight is 253 g/mol. The first-order chi connectivity index (χ1) is 8.56. The van der Waals surface area contributed by atoms with Gasteiger partial charge < -0.3 is 9.57 Å². The van der Waals surface area contributed by atoms with Gasteiger partial charge in [-0.1, -0.05) is 0 Å². The number of carbonyl (C=O) groups is 1. The maximum Gasteiger partial charge on any atom is 0.338 e. The monoisotopic (exact) mass is 253 g/mol. The highest BCUT2D eigenvalue weighted by atomic mass is 19.1. The Kier molecular flexibility index (Phi) is 3.93. The van der Waals surface area contributed by atoms with E-state index in [4.69, 9.17) is 9.57 Å². The Morgan fingerprint density at radius 3 is 2.89 bits per heavy atom. The summed E-state index contributed by atoms with van der Waals surface area (Å²) in [6, 6.07) is 4.15. The summed E-state index contributed by atoms with van der Waals surface area (Å²) < 4.78 is 18.6. The summed E-state index contributed by atoms with van der Waals surface area (Å²) in [6.45, 7) is 4.09. The highest BCUT2D eigenvalue weighted by Crippen LogP contribution is 2.23.